The number of likely N-dealkylation sites (N-methyl/N-ethyl adjacent to an activating group) is 2. The van der Waals surface area contributed by atoms with Crippen LogP contribution in [0.25, 0.3) is 0 Å². The molecule has 0 heterocycles. The van der Waals surface area contributed by atoms with Crippen LogP contribution in [-0.2, 0) is 9.59 Å². The summed E-state index contributed by atoms with van der Waals surface area (Å²) in [6, 6.07) is 8.00. The molecule has 1 atom stereocenters. The van der Waals surface area contributed by atoms with E-state index in [9.17, 15) is 19.2 Å². The van der Waals surface area contributed by atoms with Crippen molar-refractivity contribution in [3.8, 4) is 6.07 Å². The van der Waals surface area contributed by atoms with Crippen LogP contribution in [0.1, 0.15) is 32.1 Å². The van der Waals surface area contributed by atoms with Crippen LogP contribution in [-0.4, -0.2) is 49.4 Å². The average Bonchev–Trinajstić information content (AvgIpc) is 2.61. The van der Waals surface area contributed by atoms with E-state index >= 15 is 0 Å². The van der Waals surface area contributed by atoms with E-state index in [2.05, 4.69) is 11.4 Å². The Bertz CT molecular complexity index is 695. The van der Waals surface area contributed by atoms with Crippen LogP contribution >= 0.6 is 0 Å². The van der Waals surface area contributed by atoms with Gasteiger partial charge in [-0.2, -0.15) is 5.26 Å². The number of rotatable bonds is 6. The Morgan fingerprint density at radius 3 is 2.62 bits per heavy atom. The zero-order valence-electron chi connectivity index (χ0n) is 15.3. The minimum absolute atomic E-state index is 0.0790. The maximum absolute atomic E-state index is 13.2. The monoisotopic (exact) mass is 361 g/mol. The second-order valence-corrected chi connectivity index (χ2v) is 7.03. The smallest absolute Gasteiger partial charge is 0.279 e. The number of carbonyl (C=O) groups is 2. The number of hydrogen-bond acceptors (Lipinski definition) is 3. The Morgan fingerprint density at radius 2 is 2.00 bits per heavy atom. The van der Waals surface area contributed by atoms with Crippen molar-refractivity contribution in [3.63, 3.8) is 0 Å². The molecule has 0 bridgehead atoms. The maximum Gasteiger partial charge on any atom is 0.279 e. The Morgan fingerprint density at radius 1 is 1.31 bits per heavy atom. The van der Waals surface area contributed by atoms with Crippen LogP contribution in [0.2, 0.25) is 0 Å². The van der Waals surface area contributed by atoms with Crippen LogP contribution < -0.4 is 10.2 Å². The highest BCUT2D eigenvalue weighted by Gasteiger charge is 2.39. The van der Waals surface area contributed by atoms with Gasteiger partial charge < -0.3 is 15.1 Å². The Labute approximate surface area is 153 Å². The summed E-state index contributed by atoms with van der Waals surface area (Å²) < 4.78 is 13.2. The molecule has 1 unspecified atom stereocenters. The fourth-order valence-corrected chi connectivity index (χ4v) is 3.38. The first-order valence-electron chi connectivity index (χ1n) is 8.91. The molecule has 2 amide bonds. The molecule has 1 aliphatic carbocycles. The molecule has 6 nitrogen and oxygen atoms in total. The number of nitrogens with zero attached hydrogens (tertiary/aromatic N) is 2. The highest BCUT2D eigenvalue weighted by molar-refractivity contribution is 5.91. The molecule has 0 radical (unpaired) electrons. The van der Waals surface area contributed by atoms with E-state index in [1.807, 2.05) is 0 Å². The van der Waals surface area contributed by atoms with Gasteiger partial charge in [-0.25, -0.2) is 4.39 Å². The van der Waals surface area contributed by atoms with Gasteiger partial charge in [0.25, 0.3) is 11.8 Å². The summed E-state index contributed by atoms with van der Waals surface area (Å²) in [5, 5.41) is 12.2. The second kappa shape index (κ2) is 8.77. The van der Waals surface area contributed by atoms with Gasteiger partial charge in [-0.3, -0.25) is 9.59 Å². The molecule has 2 rings (SSSR count). The summed E-state index contributed by atoms with van der Waals surface area (Å²) in [6.07, 6.45) is 4.39. The molecule has 7 heteroatoms. The number of anilines is 1. The molecule has 140 valence electrons. The van der Waals surface area contributed by atoms with E-state index in [1.54, 1.807) is 25.1 Å². The summed E-state index contributed by atoms with van der Waals surface area (Å²) in [6.45, 7) is 0.201. The van der Waals surface area contributed by atoms with Crippen molar-refractivity contribution in [2.24, 2.45) is 0 Å². The number of quaternary nitrogens is 1. The van der Waals surface area contributed by atoms with Gasteiger partial charge >= 0.3 is 0 Å². The third kappa shape index (κ3) is 5.02. The van der Waals surface area contributed by atoms with Crippen molar-refractivity contribution < 1.29 is 18.9 Å². The van der Waals surface area contributed by atoms with Gasteiger partial charge in [-0.1, -0.05) is 25.3 Å². The summed E-state index contributed by atoms with van der Waals surface area (Å²) >= 11 is 0. The largest absolute Gasteiger partial charge is 0.322 e. The van der Waals surface area contributed by atoms with Crippen molar-refractivity contribution in [1.82, 2.24) is 4.90 Å². The van der Waals surface area contributed by atoms with Crippen molar-refractivity contribution >= 4 is 17.5 Å². The zero-order valence-corrected chi connectivity index (χ0v) is 15.3. The molecule has 2 N–H and O–H groups in total. The van der Waals surface area contributed by atoms with Gasteiger partial charge in [0.1, 0.15) is 11.4 Å². The van der Waals surface area contributed by atoms with Gasteiger partial charge in [0.05, 0.1) is 13.1 Å². The Balaban J connectivity index is 1.88. The third-order valence-corrected chi connectivity index (χ3v) is 4.93. The van der Waals surface area contributed by atoms with E-state index in [0.717, 1.165) is 19.3 Å². The van der Waals surface area contributed by atoms with Gasteiger partial charge in [0, 0.05) is 12.7 Å². The molecule has 1 saturated carbocycles. The molecule has 1 aromatic rings. The number of halogens is 1. The first-order chi connectivity index (χ1) is 12.4. The lowest BCUT2D eigenvalue weighted by Crippen LogP contribution is -3.11. The number of hydrogen-bond donors (Lipinski definition) is 2. The van der Waals surface area contributed by atoms with Crippen LogP contribution in [0.4, 0.5) is 10.1 Å². The minimum Gasteiger partial charge on any atom is -0.322 e. The minimum atomic E-state index is -0.723. The van der Waals surface area contributed by atoms with E-state index < -0.39 is 11.4 Å². The third-order valence-electron chi connectivity index (χ3n) is 4.93. The highest BCUT2D eigenvalue weighted by Crippen LogP contribution is 2.32. The lowest BCUT2D eigenvalue weighted by atomic mass is 9.81. The first-order valence-corrected chi connectivity index (χ1v) is 8.91. The first kappa shape index (κ1) is 19.9. The molecule has 0 spiro atoms. The molecule has 1 aromatic carbocycles. The molecule has 0 aliphatic heterocycles. The molecule has 26 heavy (non-hydrogen) atoms. The van der Waals surface area contributed by atoms with Crippen molar-refractivity contribution in [3.05, 3.63) is 30.1 Å². The summed E-state index contributed by atoms with van der Waals surface area (Å²) in [5.74, 6) is -0.865. The zero-order chi connectivity index (χ0) is 19.2. The van der Waals surface area contributed by atoms with Gasteiger partial charge in [-0.05, 0) is 31.0 Å². The summed E-state index contributed by atoms with van der Waals surface area (Å²) in [5.41, 5.74) is -0.337. The Hall–Kier alpha value is -2.46. The molecule has 0 aromatic heterocycles. The predicted octanol–water partition coefficient (Wildman–Crippen LogP) is 0.964. The molecular weight excluding hydrogens is 335 g/mol. The molecule has 1 aliphatic rings. The van der Waals surface area contributed by atoms with Gasteiger partial charge in [0.15, 0.2) is 13.1 Å². The van der Waals surface area contributed by atoms with E-state index in [4.69, 9.17) is 0 Å². The van der Waals surface area contributed by atoms with Gasteiger partial charge in [0.2, 0.25) is 0 Å². The summed E-state index contributed by atoms with van der Waals surface area (Å²) in [7, 11) is 3.42. The summed E-state index contributed by atoms with van der Waals surface area (Å²) in [4.78, 5) is 26.9. The fraction of sp³-hybridized carbons (Fsp3) is 0.526. The average molecular weight is 361 g/mol. The number of nitriles is 1. The van der Waals surface area contributed by atoms with Crippen LogP contribution in [0.3, 0.4) is 0 Å². The highest BCUT2D eigenvalue weighted by atomic mass is 19.1. The lowest BCUT2D eigenvalue weighted by Gasteiger charge is -2.39. The second-order valence-electron chi connectivity index (χ2n) is 7.03. The SMILES string of the molecule is CN(C(=O)C[NH+](C)CC(=O)Nc1cccc(F)c1)C1(C#N)CCCCC1. The number of amides is 2. The molecular formula is C19H26FN4O2+. The van der Waals surface area contributed by atoms with E-state index in [1.165, 1.54) is 18.2 Å². The van der Waals surface area contributed by atoms with E-state index in [0.29, 0.717) is 23.4 Å². The van der Waals surface area contributed by atoms with Gasteiger partial charge in [-0.15, -0.1) is 0 Å². The molecule has 0 saturated heterocycles. The number of carbonyl (C=O) groups excluding carboxylic acids is 2. The standard InChI is InChI=1S/C19H25FN4O2/c1-23(12-17(25)22-16-8-6-7-15(20)11-16)13-18(26)24(2)19(14-21)9-4-3-5-10-19/h6-8,11H,3-5,9-10,12-13H2,1-2H3,(H,22,25)/p+1. The van der Waals surface area contributed by atoms with Crippen LogP contribution in [0.15, 0.2) is 24.3 Å². The topological polar surface area (TPSA) is 77.6 Å². The lowest BCUT2D eigenvalue weighted by molar-refractivity contribution is -0.862. The van der Waals surface area contributed by atoms with Crippen molar-refractivity contribution in [2.45, 2.75) is 37.6 Å². The van der Waals surface area contributed by atoms with Crippen LogP contribution in [0.5, 0.6) is 0 Å². The quantitative estimate of drug-likeness (QED) is 0.792. The van der Waals surface area contributed by atoms with E-state index in [-0.39, 0.29) is 24.9 Å². The fourth-order valence-electron chi connectivity index (χ4n) is 3.38. The van der Waals surface area contributed by atoms with Crippen LogP contribution in [0, 0.1) is 17.1 Å². The Kier molecular flexibility index (Phi) is 6.70. The van der Waals surface area contributed by atoms with Crippen molar-refractivity contribution in [2.75, 3.05) is 32.5 Å². The van der Waals surface area contributed by atoms with Crippen molar-refractivity contribution in [1.29, 1.82) is 5.26 Å². The predicted molar refractivity (Wildman–Crippen MR) is 95.8 cm³/mol. The molecule has 1 fully saturated rings. The number of nitrogens with one attached hydrogen (secondary N) is 2. The number of benzene rings is 1. The normalized spacial score (nSPS) is 17.0. The maximum atomic E-state index is 13.2.